The zero-order valence-corrected chi connectivity index (χ0v) is 12.9. The van der Waals surface area contributed by atoms with Crippen LogP contribution in [0.25, 0.3) is 11.3 Å². The molecular formula is C17H21N3O2. The van der Waals surface area contributed by atoms with Gasteiger partial charge in [-0.05, 0) is 19.4 Å². The van der Waals surface area contributed by atoms with Gasteiger partial charge >= 0.3 is 0 Å². The average Bonchev–Trinajstić information content (AvgIpc) is 2.57. The Morgan fingerprint density at radius 1 is 1.23 bits per heavy atom. The van der Waals surface area contributed by atoms with Crippen molar-refractivity contribution in [2.45, 2.75) is 32.4 Å². The second-order valence-corrected chi connectivity index (χ2v) is 5.29. The van der Waals surface area contributed by atoms with Crippen molar-refractivity contribution in [3.05, 3.63) is 52.8 Å². The summed E-state index contributed by atoms with van der Waals surface area (Å²) in [6.07, 6.45) is 1.72. The number of hydrogen-bond donors (Lipinski definition) is 1. The molecule has 2 atom stereocenters. The van der Waals surface area contributed by atoms with Crippen molar-refractivity contribution < 1.29 is 4.79 Å². The average molecular weight is 299 g/mol. The predicted molar refractivity (Wildman–Crippen MR) is 86.8 cm³/mol. The molecule has 116 valence electrons. The summed E-state index contributed by atoms with van der Waals surface area (Å²) in [4.78, 5) is 23.4. The topological polar surface area (TPSA) is 64.0 Å². The normalized spacial score (nSPS) is 13.5. The largest absolute Gasteiger partial charge is 0.312 e. The minimum absolute atomic E-state index is 0.275. The molecule has 0 spiro atoms. The molecule has 1 unspecified atom stereocenters. The third-order valence-electron chi connectivity index (χ3n) is 3.65. The molecule has 0 aliphatic heterocycles. The van der Waals surface area contributed by atoms with Crippen molar-refractivity contribution in [3.63, 3.8) is 0 Å². The standard InChI is InChI=1S/C17H21N3O2/c1-3-13(2)18-11-15(12-21)20-17(22)10-9-16(19-20)14-7-5-4-6-8-14/h4-10,12-13,15,18H,3,11H2,1-2H3/t13-,15?/m0/s1. The van der Waals surface area contributed by atoms with Gasteiger partial charge in [0.2, 0.25) is 0 Å². The van der Waals surface area contributed by atoms with Crippen LogP contribution >= 0.6 is 0 Å². The van der Waals surface area contributed by atoms with Crippen molar-refractivity contribution in [1.82, 2.24) is 15.1 Å². The predicted octanol–water partition coefficient (Wildman–Crippen LogP) is 2.04. The molecule has 0 bridgehead atoms. The van der Waals surface area contributed by atoms with E-state index in [1.54, 1.807) is 6.07 Å². The molecule has 1 aromatic carbocycles. The second kappa shape index (κ2) is 7.66. The molecule has 5 nitrogen and oxygen atoms in total. The van der Waals surface area contributed by atoms with Gasteiger partial charge in [0.25, 0.3) is 5.56 Å². The first-order valence-corrected chi connectivity index (χ1v) is 7.49. The number of nitrogens with zero attached hydrogens (tertiary/aromatic N) is 2. The van der Waals surface area contributed by atoms with Gasteiger partial charge in [0, 0.05) is 24.2 Å². The lowest BCUT2D eigenvalue weighted by Crippen LogP contribution is -2.37. The van der Waals surface area contributed by atoms with Crippen LogP contribution in [0, 0.1) is 0 Å². The third-order valence-corrected chi connectivity index (χ3v) is 3.65. The Kier molecular flexibility index (Phi) is 5.61. The first-order valence-electron chi connectivity index (χ1n) is 7.49. The van der Waals surface area contributed by atoms with Gasteiger partial charge in [-0.1, -0.05) is 37.3 Å². The molecule has 0 radical (unpaired) electrons. The number of hydrogen-bond acceptors (Lipinski definition) is 4. The number of carbonyl (C=O) groups is 1. The van der Waals surface area contributed by atoms with Crippen LogP contribution in [0.5, 0.6) is 0 Å². The number of carbonyl (C=O) groups excluding carboxylic acids is 1. The molecule has 0 aliphatic rings. The number of aldehydes is 1. The lowest BCUT2D eigenvalue weighted by atomic mass is 10.1. The summed E-state index contributed by atoms with van der Waals surface area (Å²) in [6.45, 7) is 4.50. The van der Waals surface area contributed by atoms with Gasteiger partial charge in [0.1, 0.15) is 12.3 Å². The van der Waals surface area contributed by atoms with E-state index in [1.165, 1.54) is 10.7 Å². The molecule has 1 heterocycles. The SMILES string of the molecule is CC[C@H](C)NCC(C=O)n1nc(-c2ccccc2)ccc1=O. The van der Waals surface area contributed by atoms with Crippen LogP contribution in [0.2, 0.25) is 0 Å². The van der Waals surface area contributed by atoms with Gasteiger partial charge in [-0.2, -0.15) is 5.10 Å². The highest BCUT2D eigenvalue weighted by atomic mass is 16.1. The number of nitrogens with one attached hydrogen (secondary N) is 1. The monoisotopic (exact) mass is 299 g/mol. The van der Waals surface area contributed by atoms with Crippen molar-refractivity contribution in [3.8, 4) is 11.3 Å². The molecule has 2 aromatic rings. The van der Waals surface area contributed by atoms with E-state index >= 15 is 0 Å². The molecule has 0 saturated heterocycles. The van der Waals surface area contributed by atoms with E-state index in [1.807, 2.05) is 37.3 Å². The smallest absolute Gasteiger partial charge is 0.267 e. The lowest BCUT2D eigenvalue weighted by molar-refractivity contribution is -0.110. The van der Waals surface area contributed by atoms with Crippen molar-refractivity contribution in [1.29, 1.82) is 0 Å². The van der Waals surface area contributed by atoms with E-state index in [-0.39, 0.29) is 11.6 Å². The molecule has 5 heteroatoms. The summed E-state index contributed by atoms with van der Waals surface area (Å²) >= 11 is 0. The van der Waals surface area contributed by atoms with E-state index in [2.05, 4.69) is 17.3 Å². The van der Waals surface area contributed by atoms with Crippen LogP contribution in [0.4, 0.5) is 0 Å². The van der Waals surface area contributed by atoms with E-state index in [0.29, 0.717) is 12.2 Å². The lowest BCUT2D eigenvalue weighted by Gasteiger charge is -2.17. The van der Waals surface area contributed by atoms with E-state index in [0.717, 1.165) is 18.3 Å². The highest BCUT2D eigenvalue weighted by Gasteiger charge is 2.14. The maximum Gasteiger partial charge on any atom is 0.267 e. The Morgan fingerprint density at radius 3 is 2.59 bits per heavy atom. The molecule has 22 heavy (non-hydrogen) atoms. The minimum atomic E-state index is -0.606. The minimum Gasteiger partial charge on any atom is -0.312 e. The van der Waals surface area contributed by atoms with E-state index in [9.17, 15) is 9.59 Å². The zero-order chi connectivity index (χ0) is 15.9. The fourth-order valence-electron chi connectivity index (χ4n) is 2.08. The number of rotatable bonds is 7. The summed E-state index contributed by atoms with van der Waals surface area (Å²) < 4.78 is 1.25. The molecule has 0 amide bonds. The van der Waals surface area contributed by atoms with E-state index in [4.69, 9.17) is 0 Å². The van der Waals surface area contributed by atoms with Crippen LogP contribution in [0.1, 0.15) is 26.3 Å². The van der Waals surface area contributed by atoms with Crippen LogP contribution in [-0.4, -0.2) is 28.7 Å². The molecular weight excluding hydrogens is 278 g/mol. The maximum atomic E-state index is 12.0. The Hall–Kier alpha value is -2.27. The van der Waals surface area contributed by atoms with Gasteiger partial charge < -0.3 is 10.1 Å². The fourth-order valence-corrected chi connectivity index (χ4v) is 2.08. The molecule has 0 fully saturated rings. The van der Waals surface area contributed by atoms with Gasteiger partial charge in [0.15, 0.2) is 0 Å². The fraction of sp³-hybridized carbons (Fsp3) is 0.353. The van der Waals surface area contributed by atoms with Crippen molar-refractivity contribution >= 4 is 6.29 Å². The Bertz CT molecular complexity index is 667. The number of aromatic nitrogens is 2. The summed E-state index contributed by atoms with van der Waals surface area (Å²) in [5.41, 5.74) is 1.31. The molecule has 0 aliphatic carbocycles. The summed E-state index contributed by atoms with van der Waals surface area (Å²) in [5, 5.41) is 7.59. The first kappa shape index (κ1) is 16.1. The third kappa shape index (κ3) is 3.89. The van der Waals surface area contributed by atoms with Gasteiger partial charge in [-0.15, -0.1) is 0 Å². The maximum absolute atomic E-state index is 12.0. The highest BCUT2D eigenvalue weighted by molar-refractivity contribution is 5.59. The number of benzene rings is 1. The first-order chi connectivity index (χ1) is 10.7. The van der Waals surface area contributed by atoms with Crippen LogP contribution in [0.3, 0.4) is 0 Å². The second-order valence-electron chi connectivity index (χ2n) is 5.29. The molecule has 0 saturated carbocycles. The Morgan fingerprint density at radius 2 is 1.95 bits per heavy atom. The Labute approximate surface area is 130 Å². The zero-order valence-electron chi connectivity index (χ0n) is 12.9. The highest BCUT2D eigenvalue weighted by Crippen LogP contribution is 2.14. The van der Waals surface area contributed by atoms with Gasteiger partial charge in [-0.3, -0.25) is 4.79 Å². The van der Waals surface area contributed by atoms with Crippen LogP contribution in [-0.2, 0) is 4.79 Å². The quantitative estimate of drug-likeness (QED) is 0.795. The molecule has 1 aromatic heterocycles. The van der Waals surface area contributed by atoms with E-state index < -0.39 is 6.04 Å². The van der Waals surface area contributed by atoms with Crippen molar-refractivity contribution in [2.75, 3.05) is 6.54 Å². The van der Waals surface area contributed by atoms with Crippen LogP contribution < -0.4 is 10.9 Å². The summed E-state index contributed by atoms with van der Waals surface area (Å²) in [6, 6.07) is 12.4. The van der Waals surface area contributed by atoms with Crippen molar-refractivity contribution in [2.24, 2.45) is 0 Å². The van der Waals surface area contributed by atoms with Gasteiger partial charge in [0.05, 0.1) is 5.69 Å². The summed E-state index contributed by atoms with van der Waals surface area (Å²) in [5.74, 6) is 0. The van der Waals surface area contributed by atoms with Crippen LogP contribution in [0.15, 0.2) is 47.3 Å². The Balaban J connectivity index is 2.29. The van der Waals surface area contributed by atoms with Gasteiger partial charge in [-0.25, -0.2) is 4.68 Å². The molecule has 2 rings (SSSR count). The summed E-state index contributed by atoms with van der Waals surface area (Å²) in [7, 11) is 0. The molecule has 1 N–H and O–H groups in total.